The summed E-state index contributed by atoms with van der Waals surface area (Å²) < 4.78 is 6.24. The van der Waals surface area contributed by atoms with Crippen molar-refractivity contribution in [3.63, 3.8) is 0 Å². The smallest absolute Gasteiger partial charge is 0.318 e. The third-order valence-corrected chi connectivity index (χ3v) is 5.93. The SMILES string of the molecule is CC(C)NC(=O)N(C1CC1)C1CCOC2(CCN(C(=O)C(C)C)CC2)C1. The number of hydrogen-bond donors (Lipinski definition) is 1. The number of piperidine rings is 1. The van der Waals surface area contributed by atoms with E-state index in [4.69, 9.17) is 4.74 Å². The average Bonchev–Trinajstić information content (AvgIpc) is 3.39. The molecule has 3 amide bonds. The number of hydrogen-bond acceptors (Lipinski definition) is 3. The Kier molecular flexibility index (Phi) is 5.80. The lowest BCUT2D eigenvalue weighted by Gasteiger charge is -2.48. The van der Waals surface area contributed by atoms with Gasteiger partial charge in [0.1, 0.15) is 0 Å². The van der Waals surface area contributed by atoms with Crippen LogP contribution in [0, 0.1) is 5.92 Å². The molecule has 2 heterocycles. The van der Waals surface area contributed by atoms with E-state index in [0.717, 1.165) is 51.6 Å². The van der Waals surface area contributed by atoms with Crippen LogP contribution in [0.3, 0.4) is 0 Å². The van der Waals surface area contributed by atoms with Gasteiger partial charge in [0.15, 0.2) is 0 Å². The normalized spacial score (nSPS) is 25.6. The van der Waals surface area contributed by atoms with Crippen molar-refractivity contribution in [3.05, 3.63) is 0 Å². The Morgan fingerprint density at radius 3 is 2.27 bits per heavy atom. The Morgan fingerprint density at radius 2 is 1.73 bits per heavy atom. The molecule has 1 N–H and O–H groups in total. The predicted molar refractivity (Wildman–Crippen MR) is 101 cm³/mol. The third kappa shape index (κ3) is 4.33. The van der Waals surface area contributed by atoms with E-state index in [-0.39, 0.29) is 35.5 Å². The van der Waals surface area contributed by atoms with Crippen molar-refractivity contribution in [2.24, 2.45) is 5.92 Å². The van der Waals surface area contributed by atoms with Crippen LogP contribution in [0.4, 0.5) is 4.79 Å². The molecule has 1 unspecified atom stereocenters. The van der Waals surface area contributed by atoms with Gasteiger partial charge >= 0.3 is 6.03 Å². The fourth-order valence-corrected chi connectivity index (χ4v) is 4.39. The first-order valence-corrected chi connectivity index (χ1v) is 10.3. The summed E-state index contributed by atoms with van der Waals surface area (Å²) in [7, 11) is 0. The number of nitrogens with zero attached hydrogens (tertiary/aromatic N) is 2. The van der Waals surface area contributed by atoms with E-state index in [2.05, 4.69) is 10.2 Å². The van der Waals surface area contributed by atoms with Crippen LogP contribution in [0.2, 0.25) is 0 Å². The lowest BCUT2D eigenvalue weighted by molar-refractivity contribution is -0.150. The molecule has 3 aliphatic rings. The van der Waals surface area contributed by atoms with Crippen molar-refractivity contribution in [1.82, 2.24) is 15.1 Å². The summed E-state index contributed by atoms with van der Waals surface area (Å²) in [5.74, 6) is 0.289. The van der Waals surface area contributed by atoms with Crippen LogP contribution in [0.25, 0.3) is 0 Å². The molecule has 1 aliphatic carbocycles. The second-order valence-corrected chi connectivity index (χ2v) is 8.90. The van der Waals surface area contributed by atoms with Crippen LogP contribution in [-0.4, -0.2) is 65.2 Å². The summed E-state index contributed by atoms with van der Waals surface area (Å²) in [5.41, 5.74) is -0.165. The van der Waals surface area contributed by atoms with Gasteiger partial charge in [-0.25, -0.2) is 4.79 Å². The molecular formula is C20H35N3O3. The molecule has 1 spiro atoms. The number of likely N-dealkylation sites (tertiary alicyclic amines) is 1. The van der Waals surface area contributed by atoms with Gasteiger partial charge in [0.2, 0.25) is 5.91 Å². The van der Waals surface area contributed by atoms with E-state index in [1.807, 2.05) is 32.6 Å². The Morgan fingerprint density at radius 1 is 1.08 bits per heavy atom. The van der Waals surface area contributed by atoms with Crippen LogP contribution in [0.1, 0.15) is 66.2 Å². The number of urea groups is 1. The fraction of sp³-hybridized carbons (Fsp3) is 0.900. The van der Waals surface area contributed by atoms with E-state index < -0.39 is 0 Å². The summed E-state index contributed by atoms with van der Waals surface area (Å²) in [6.45, 7) is 10.2. The summed E-state index contributed by atoms with van der Waals surface area (Å²) in [4.78, 5) is 29.1. The monoisotopic (exact) mass is 365 g/mol. The summed E-state index contributed by atoms with van der Waals surface area (Å²) in [5, 5.41) is 3.08. The van der Waals surface area contributed by atoms with Gasteiger partial charge < -0.3 is 19.9 Å². The highest BCUT2D eigenvalue weighted by Crippen LogP contribution is 2.40. The molecule has 0 bridgehead atoms. The van der Waals surface area contributed by atoms with Crippen molar-refractivity contribution in [1.29, 1.82) is 0 Å². The first-order valence-electron chi connectivity index (χ1n) is 10.3. The highest BCUT2D eigenvalue weighted by Gasteiger charge is 2.46. The number of rotatable bonds is 4. The van der Waals surface area contributed by atoms with E-state index >= 15 is 0 Å². The van der Waals surface area contributed by atoms with E-state index in [1.54, 1.807) is 0 Å². The molecule has 26 heavy (non-hydrogen) atoms. The van der Waals surface area contributed by atoms with Gasteiger partial charge in [0.25, 0.3) is 0 Å². The van der Waals surface area contributed by atoms with Gasteiger partial charge in [-0.05, 0) is 52.4 Å². The van der Waals surface area contributed by atoms with Crippen LogP contribution >= 0.6 is 0 Å². The van der Waals surface area contributed by atoms with Crippen molar-refractivity contribution >= 4 is 11.9 Å². The minimum atomic E-state index is -0.165. The van der Waals surface area contributed by atoms with E-state index in [1.165, 1.54) is 0 Å². The van der Waals surface area contributed by atoms with Gasteiger partial charge in [0, 0.05) is 43.7 Å². The summed E-state index contributed by atoms with van der Waals surface area (Å²) >= 11 is 0. The molecule has 0 radical (unpaired) electrons. The van der Waals surface area contributed by atoms with Gasteiger partial charge in [-0.2, -0.15) is 0 Å². The minimum absolute atomic E-state index is 0.0501. The Balaban J connectivity index is 1.63. The number of carbonyl (C=O) groups is 2. The quantitative estimate of drug-likeness (QED) is 0.833. The minimum Gasteiger partial charge on any atom is -0.375 e. The van der Waals surface area contributed by atoms with Crippen LogP contribution in [0.15, 0.2) is 0 Å². The molecule has 3 rings (SSSR count). The number of nitrogens with one attached hydrogen (secondary N) is 1. The average molecular weight is 366 g/mol. The van der Waals surface area contributed by atoms with Crippen LogP contribution < -0.4 is 5.32 Å². The van der Waals surface area contributed by atoms with Gasteiger partial charge in [0.05, 0.1) is 5.60 Å². The van der Waals surface area contributed by atoms with Gasteiger partial charge in [-0.1, -0.05) is 13.8 Å². The number of ether oxygens (including phenoxy) is 1. The second kappa shape index (κ2) is 7.75. The van der Waals surface area contributed by atoms with Crippen molar-refractivity contribution in [2.45, 2.75) is 89.9 Å². The highest BCUT2D eigenvalue weighted by atomic mass is 16.5. The van der Waals surface area contributed by atoms with E-state index in [9.17, 15) is 9.59 Å². The van der Waals surface area contributed by atoms with Crippen LogP contribution in [0.5, 0.6) is 0 Å². The number of amides is 3. The van der Waals surface area contributed by atoms with Gasteiger partial charge in [-0.3, -0.25) is 4.79 Å². The Hall–Kier alpha value is -1.30. The fourth-order valence-electron chi connectivity index (χ4n) is 4.39. The Bertz CT molecular complexity index is 522. The maximum atomic E-state index is 12.7. The highest BCUT2D eigenvalue weighted by molar-refractivity contribution is 5.78. The largest absolute Gasteiger partial charge is 0.375 e. The molecule has 0 aromatic rings. The van der Waals surface area contributed by atoms with Crippen molar-refractivity contribution in [3.8, 4) is 0 Å². The molecule has 3 fully saturated rings. The lowest BCUT2D eigenvalue weighted by Crippen LogP contribution is -2.57. The van der Waals surface area contributed by atoms with Crippen molar-refractivity contribution in [2.75, 3.05) is 19.7 Å². The molecule has 2 aliphatic heterocycles. The molecule has 0 aromatic carbocycles. The molecule has 148 valence electrons. The zero-order chi connectivity index (χ0) is 18.9. The maximum Gasteiger partial charge on any atom is 0.318 e. The molecular weight excluding hydrogens is 330 g/mol. The molecule has 2 saturated heterocycles. The topological polar surface area (TPSA) is 61.9 Å². The van der Waals surface area contributed by atoms with Gasteiger partial charge in [-0.15, -0.1) is 0 Å². The Labute approximate surface area is 157 Å². The van der Waals surface area contributed by atoms with E-state index in [0.29, 0.717) is 12.6 Å². The third-order valence-electron chi connectivity index (χ3n) is 5.93. The van der Waals surface area contributed by atoms with Crippen LogP contribution in [-0.2, 0) is 9.53 Å². The lowest BCUT2D eigenvalue weighted by atomic mass is 9.81. The maximum absolute atomic E-state index is 12.7. The standard InChI is InChI=1S/C20H35N3O3/c1-14(2)18(24)22-10-8-20(9-11-22)13-17(7-12-26-20)23(16-5-6-16)19(25)21-15(3)4/h14-17H,5-13H2,1-4H3,(H,21,25). The molecule has 1 saturated carbocycles. The zero-order valence-corrected chi connectivity index (χ0v) is 16.8. The number of carbonyl (C=O) groups excluding carboxylic acids is 2. The second-order valence-electron chi connectivity index (χ2n) is 8.90. The first kappa shape index (κ1) is 19.5. The zero-order valence-electron chi connectivity index (χ0n) is 16.8. The predicted octanol–water partition coefficient (Wildman–Crippen LogP) is 2.77. The molecule has 1 atom stereocenters. The summed E-state index contributed by atoms with van der Waals surface area (Å²) in [6, 6.07) is 0.888. The summed E-state index contributed by atoms with van der Waals surface area (Å²) in [6.07, 6.45) is 5.81. The molecule has 6 nitrogen and oxygen atoms in total. The first-order chi connectivity index (χ1) is 12.3. The molecule has 6 heteroatoms. The molecule has 0 aromatic heterocycles. The van der Waals surface area contributed by atoms with Crippen molar-refractivity contribution < 1.29 is 14.3 Å².